The van der Waals surface area contributed by atoms with Crippen LogP contribution >= 0.6 is 24.0 Å². The van der Waals surface area contributed by atoms with Gasteiger partial charge in [-0.25, -0.2) is 4.79 Å². The first-order valence-corrected chi connectivity index (χ1v) is 9.41. The molecule has 0 aliphatic heterocycles. The third-order valence-electron chi connectivity index (χ3n) is 2.84. The highest BCUT2D eigenvalue weighted by Gasteiger charge is 2.16. The van der Waals surface area contributed by atoms with Crippen molar-refractivity contribution in [1.82, 2.24) is 21.3 Å². The number of carbonyl (C=O) groups excluding carboxylic acids is 1. The minimum atomic E-state index is -0.424. The Morgan fingerprint density at radius 3 is 2.50 bits per heavy atom. The average Bonchev–Trinajstić information content (AvgIpc) is 2.50. The maximum Gasteiger partial charge on any atom is 0.408 e. The summed E-state index contributed by atoms with van der Waals surface area (Å²) in [6.07, 6.45) is 3.03. The van der Waals surface area contributed by atoms with Crippen molar-refractivity contribution in [3.63, 3.8) is 0 Å². The van der Waals surface area contributed by atoms with Crippen molar-refractivity contribution < 1.29 is 9.53 Å². The molecule has 2 unspecified atom stereocenters. The summed E-state index contributed by atoms with van der Waals surface area (Å²) in [4.78, 5) is 11.5. The fourth-order valence-electron chi connectivity index (χ4n) is 1.68. The molecular formula is C16H30N4O2S2. The topological polar surface area (TPSA) is 74.4 Å². The molecular weight excluding hydrogens is 344 g/mol. The van der Waals surface area contributed by atoms with E-state index in [0.29, 0.717) is 17.5 Å². The van der Waals surface area contributed by atoms with Crippen molar-refractivity contribution in [2.75, 3.05) is 19.4 Å². The molecule has 0 spiro atoms. The van der Waals surface area contributed by atoms with Gasteiger partial charge < -0.3 is 20.7 Å². The Morgan fingerprint density at radius 1 is 1.33 bits per heavy atom. The van der Waals surface area contributed by atoms with Gasteiger partial charge in [0, 0.05) is 22.7 Å². The number of allylic oxidation sites excluding steroid dienone is 2. The molecule has 0 fully saturated rings. The lowest BCUT2D eigenvalue weighted by atomic mass is 10.3. The standard InChI is InChI=1S/C16H30N4O2S2/c1-7-9-13(19-15(23)18-11(3)4)12(5)24-10-14(17-6)20-16(21)22-8-2/h7,9,11-12,14,17H,1,8,10H2,2-6H3,(H,20,21)(H2,18,19,23)/b13-9+. The van der Waals surface area contributed by atoms with Gasteiger partial charge in [0.2, 0.25) is 0 Å². The zero-order chi connectivity index (χ0) is 18.5. The van der Waals surface area contributed by atoms with Gasteiger partial charge in [-0.1, -0.05) is 12.7 Å². The average molecular weight is 375 g/mol. The number of nitrogens with one attached hydrogen (secondary N) is 4. The van der Waals surface area contributed by atoms with Crippen LogP contribution in [0.2, 0.25) is 0 Å². The number of thioether (sulfide) groups is 1. The Kier molecular flexibility index (Phi) is 12.4. The Balaban J connectivity index is 4.57. The number of alkyl carbamates (subject to hydrolysis) is 1. The molecule has 0 aliphatic carbocycles. The van der Waals surface area contributed by atoms with Gasteiger partial charge in [-0.15, -0.1) is 11.8 Å². The van der Waals surface area contributed by atoms with Gasteiger partial charge in [0.15, 0.2) is 5.11 Å². The molecule has 24 heavy (non-hydrogen) atoms. The summed E-state index contributed by atoms with van der Waals surface area (Å²) >= 11 is 6.97. The number of amides is 1. The Labute approximate surface area is 155 Å². The highest BCUT2D eigenvalue weighted by atomic mass is 32.2. The molecule has 0 saturated carbocycles. The zero-order valence-corrected chi connectivity index (χ0v) is 16.8. The third kappa shape index (κ3) is 10.5. The summed E-state index contributed by atoms with van der Waals surface area (Å²) in [6, 6.07) is 0.264. The molecule has 0 heterocycles. The third-order valence-corrected chi connectivity index (χ3v) is 4.34. The summed E-state index contributed by atoms with van der Waals surface area (Å²) in [5.41, 5.74) is 0.958. The molecule has 1 amide bonds. The lowest BCUT2D eigenvalue weighted by Gasteiger charge is -2.23. The van der Waals surface area contributed by atoms with Crippen molar-refractivity contribution in [2.45, 2.75) is 45.2 Å². The number of carbonyl (C=O) groups is 1. The highest BCUT2D eigenvalue weighted by molar-refractivity contribution is 8.00. The summed E-state index contributed by atoms with van der Waals surface area (Å²) < 4.78 is 4.89. The van der Waals surface area contributed by atoms with Crippen LogP contribution in [0.3, 0.4) is 0 Å². The molecule has 138 valence electrons. The van der Waals surface area contributed by atoms with E-state index < -0.39 is 6.09 Å². The van der Waals surface area contributed by atoms with Crippen molar-refractivity contribution in [3.8, 4) is 0 Å². The first kappa shape index (κ1) is 22.8. The quantitative estimate of drug-likeness (QED) is 0.266. The minimum Gasteiger partial charge on any atom is -0.450 e. The second-order valence-electron chi connectivity index (χ2n) is 5.29. The lowest BCUT2D eigenvalue weighted by Crippen LogP contribution is -2.46. The Hall–Kier alpha value is -1.25. The Bertz CT molecular complexity index is 442. The second-order valence-corrected chi connectivity index (χ2v) is 7.07. The van der Waals surface area contributed by atoms with Gasteiger partial charge in [-0.3, -0.25) is 5.32 Å². The molecule has 0 bridgehead atoms. The maximum absolute atomic E-state index is 11.5. The predicted molar refractivity (Wildman–Crippen MR) is 107 cm³/mol. The predicted octanol–water partition coefficient (Wildman–Crippen LogP) is 2.34. The van der Waals surface area contributed by atoms with E-state index in [9.17, 15) is 4.79 Å². The summed E-state index contributed by atoms with van der Waals surface area (Å²) in [5.74, 6) is 0.678. The van der Waals surface area contributed by atoms with Crippen LogP contribution in [-0.2, 0) is 4.74 Å². The Morgan fingerprint density at radius 2 is 2.00 bits per heavy atom. The van der Waals surface area contributed by atoms with Crippen LogP contribution in [0.25, 0.3) is 0 Å². The van der Waals surface area contributed by atoms with Crippen LogP contribution < -0.4 is 21.3 Å². The first-order chi connectivity index (χ1) is 11.3. The normalized spacial score (nSPS) is 13.8. The molecule has 6 nitrogen and oxygen atoms in total. The molecule has 8 heteroatoms. The van der Waals surface area contributed by atoms with Gasteiger partial charge in [0.1, 0.15) is 0 Å². The smallest absolute Gasteiger partial charge is 0.408 e. The second kappa shape index (κ2) is 13.1. The largest absolute Gasteiger partial charge is 0.450 e. The number of thiocarbonyl (C=S) groups is 1. The lowest BCUT2D eigenvalue weighted by molar-refractivity contribution is 0.147. The first-order valence-electron chi connectivity index (χ1n) is 7.96. The van der Waals surface area contributed by atoms with Crippen molar-refractivity contribution in [1.29, 1.82) is 0 Å². The monoisotopic (exact) mass is 374 g/mol. The molecule has 0 rings (SSSR count). The fourth-order valence-corrected chi connectivity index (χ4v) is 3.08. The molecule has 4 N–H and O–H groups in total. The van der Waals surface area contributed by atoms with Crippen LogP contribution in [0.4, 0.5) is 4.79 Å². The van der Waals surface area contributed by atoms with Crippen molar-refractivity contribution >= 4 is 35.2 Å². The molecule has 0 radical (unpaired) electrons. The SMILES string of the molecule is C=C/C=C(/NC(=S)NC(C)C)C(C)SCC(NC)NC(=O)OCC. The maximum atomic E-state index is 11.5. The molecule has 0 aromatic carbocycles. The summed E-state index contributed by atoms with van der Waals surface area (Å²) in [7, 11) is 1.79. The summed E-state index contributed by atoms with van der Waals surface area (Å²) in [6.45, 7) is 12.0. The van der Waals surface area contributed by atoms with E-state index in [-0.39, 0.29) is 17.5 Å². The highest BCUT2D eigenvalue weighted by Crippen LogP contribution is 2.18. The van der Waals surface area contributed by atoms with Crippen LogP contribution in [0.5, 0.6) is 0 Å². The van der Waals surface area contributed by atoms with Gasteiger partial charge >= 0.3 is 6.09 Å². The fraction of sp³-hybridized carbons (Fsp3) is 0.625. The van der Waals surface area contributed by atoms with Crippen molar-refractivity contribution in [2.24, 2.45) is 0 Å². The number of hydrogen-bond donors (Lipinski definition) is 4. The van der Waals surface area contributed by atoms with Gasteiger partial charge in [0.25, 0.3) is 0 Å². The van der Waals surface area contributed by atoms with E-state index in [1.807, 2.05) is 19.9 Å². The molecule has 0 aliphatic rings. The number of rotatable bonds is 10. The van der Waals surface area contributed by atoms with Crippen LogP contribution in [0, 0.1) is 0 Å². The van der Waals surface area contributed by atoms with Crippen LogP contribution in [0.1, 0.15) is 27.7 Å². The van der Waals surface area contributed by atoms with Gasteiger partial charge in [0.05, 0.1) is 12.8 Å². The van der Waals surface area contributed by atoms with E-state index in [2.05, 4.69) is 34.8 Å². The minimum absolute atomic E-state index is 0.148. The van der Waals surface area contributed by atoms with Crippen molar-refractivity contribution in [3.05, 3.63) is 24.4 Å². The van der Waals surface area contributed by atoms with Crippen LogP contribution in [0.15, 0.2) is 24.4 Å². The van der Waals surface area contributed by atoms with E-state index >= 15 is 0 Å². The molecule has 2 atom stereocenters. The van der Waals surface area contributed by atoms with Gasteiger partial charge in [-0.05, 0) is 53.0 Å². The van der Waals surface area contributed by atoms with Crippen LogP contribution in [-0.4, -0.2) is 48.1 Å². The van der Waals surface area contributed by atoms with E-state index in [1.165, 1.54) is 0 Å². The van der Waals surface area contributed by atoms with E-state index in [0.717, 1.165) is 5.70 Å². The summed E-state index contributed by atoms with van der Waals surface area (Å²) in [5, 5.41) is 12.9. The van der Waals surface area contributed by atoms with E-state index in [4.69, 9.17) is 17.0 Å². The number of ether oxygens (including phenoxy) is 1. The molecule has 0 aromatic rings. The van der Waals surface area contributed by atoms with Gasteiger partial charge in [-0.2, -0.15) is 0 Å². The number of hydrogen-bond acceptors (Lipinski definition) is 5. The zero-order valence-electron chi connectivity index (χ0n) is 15.1. The molecule has 0 saturated heterocycles. The molecule has 0 aromatic heterocycles. The van der Waals surface area contributed by atoms with E-state index in [1.54, 1.807) is 31.8 Å².